The van der Waals surface area contributed by atoms with Crippen molar-refractivity contribution < 1.29 is 14.4 Å². The van der Waals surface area contributed by atoms with Gasteiger partial charge in [0.05, 0.1) is 5.92 Å². The number of ketones is 3. The molecular formula is C8H8O3. The number of rotatable bonds is 0. The molecule has 1 aliphatic rings. The van der Waals surface area contributed by atoms with Crippen molar-refractivity contribution in [3.05, 3.63) is 11.6 Å². The number of carbonyl (C=O) groups is 3. The van der Waals surface area contributed by atoms with Gasteiger partial charge in [-0.05, 0) is 19.9 Å². The Hall–Kier alpha value is -1.25. The van der Waals surface area contributed by atoms with Crippen LogP contribution in [-0.2, 0) is 14.4 Å². The first kappa shape index (κ1) is 7.85. The summed E-state index contributed by atoms with van der Waals surface area (Å²) < 4.78 is 0. The number of Topliss-reactive ketones (excluding diaryl/α,β-unsaturated/α-hetero) is 2. The molecule has 0 saturated heterocycles. The van der Waals surface area contributed by atoms with E-state index in [1.54, 1.807) is 0 Å². The summed E-state index contributed by atoms with van der Waals surface area (Å²) in [5.74, 6) is -2.16. The lowest BCUT2D eigenvalue weighted by molar-refractivity contribution is -0.140. The first-order valence-electron chi connectivity index (χ1n) is 3.34. The SMILES string of the molecule is CC1=CC(=O)C(C)C(=O)C1=O. The number of allylic oxidation sites excluding steroid dienone is 2. The van der Waals surface area contributed by atoms with Crippen LogP contribution < -0.4 is 0 Å². The maximum Gasteiger partial charge on any atom is 0.225 e. The van der Waals surface area contributed by atoms with E-state index in [-0.39, 0.29) is 11.4 Å². The summed E-state index contributed by atoms with van der Waals surface area (Å²) in [5, 5.41) is 0. The van der Waals surface area contributed by atoms with Gasteiger partial charge >= 0.3 is 0 Å². The third-order valence-electron chi connectivity index (χ3n) is 1.76. The van der Waals surface area contributed by atoms with Gasteiger partial charge < -0.3 is 0 Å². The van der Waals surface area contributed by atoms with E-state index in [9.17, 15) is 14.4 Å². The van der Waals surface area contributed by atoms with Crippen molar-refractivity contribution in [2.24, 2.45) is 5.92 Å². The predicted molar refractivity (Wildman–Crippen MR) is 37.9 cm³/mol. The monoisotopic (exact) mass is 152 g/mol. The number of hydrogen-bond acceptors (Lipinski definition) is 3. The minimum atomic E-state index is -0.772. The fourth-order valence-electron chi connectivity index (χ4n) is 0.924. The van der Waals surface area contributed by atoms with Crippen LogP contribution >= 0.6 is 0 Å². The Bertz CT molecular complexity index is 273. The third kappa shape index (κ3) is 1.13. The van der Waals surface area contributed by atoms with Crippen LogP contribution in [0.15, 0.2) is 11.6 Å². The highest BCUT2D eigenvalue weighted by Crippen LogP contribution is 2.12. The Morgan fingerprint density at radius 2 is 1.82 bits per heavy atom. The Labute approximate surface area is 64.1 Å². The van der Waals surface area contributed by atoms with Gasteiger partial charge in [0.2, 0.25) is 11.6 Å². The molecule has 0 aromatic rings. The van der Waals surface area contributed by atoms with Crippen LogP contribution in [0.25, 0.3) is 0 Å². The molecule has 0 amide bonds. The average molecular weight is 152 g/mol. The minimum Gasteiger partial charge on any atom is -0.294 e. The first-order valence-corrected chi connectivity index (χ1v) is 3.34. The van der Waals surface area contributed by atoms with Crippen molar-refractivity contribution in [2.45, 2.75) is 13.8 Å². The molecule has 0 aromatic carbocycles. The molecule has 3 heteroatoms. The van der Waals surface area contributed by atoms with E-state index in [0.717, 1.165) is 0 Å². The molecule has 58 valence electrons. The third-order valence-corrected chi connectivity index (χ3v) is 1.76. The Morgan fingerprint density at radius 3 is 2.36 bits per heavy atom. The zero-order chi connectivity index (χ0) is 8.59. The van der Waals surface area contributed by atoms with E-state index in [4.69, 9.17) is 0 Å². The number of carbonyl (C=O) groups excluding carboxylic acids is 3. The largest absolute Gasteiger partial charge is 0.294 e. The first-order chi connectivity index (χ1) is 5.04. The second-order valence-electron chi connectivity index (χ2n) is 2.64. The quantitative estimate of drug-likeness (QED) is 0.370. The molecule has 1 aliphatic carbocycles. The van der Waals surface area contributed by atoms with Gasteiger partial charge in [0.1, 0.15) is 0 Å². The van der Waals surface area contributed by atoms with Crippen molar-refractivity contribution in [1.82, 2.24) is 0 Å². The average Bonchev–Trinajstić information content (AvgIpc) is 1.97. The molecule has 1 rings (SSSR count). The highest BCUT2D eigenvalue weighted by atomic mass is 16.2. The topological polar surface area (TPSA) is 51.2 Å². The van der Waals surface area contributed by atoms with Crippen LogP contribution in [0.3, 0.4) is 0 Å². The molecule has 0 aromatic heterocycles. The zero-order valence-electron chi connectivity index (χ0n) is 6.38. The standard InChI is InChI=1S/C8H8O3/c1-4-3-6(9)5(2)8(11)7(4)10/h3,5H,1-2H3. The van der Waals surface area contributed by atoms with E-state index in [1.807, 2.05) is 0 Å². The molecule has 0 saturated carbocycles. The van der Waals surface area contributed by atoms with Gasteiger partial charge in [0, 0.05) is 5.57 Å². The van der Waals surface area contributed by atoms with Gasteiger partial charge in [-0.3, -0.25) is 14.4 Å². The van der Waals surface area contributed by atoms with Crippen LogP contribution in [0, 0.1) is 5.92 Å². The predicted octanol–water partition coefficient (Wildman–Crippen LogP) is 0.290. The molecule has 3 nitrogen and oxygen atoms in total. The molecule has 0 spiro atoms. The highest BCUT2D eigenvalue weighted by Gasteiger charge is 2.31. The fourth-order valence-corrected chi connectivity index (χ4v) is 0.924. The Balaban J connectivity index is 3.12. The van der Waals surface area contributed by atoms with Crippen LogP contribution in [0.5, 0.6) is 0 Å². The van der Waals surface area contributed by atoms with Crippen LogP contribution in [0.1, 0.15) is 13.8 Å². The van der Waals surface area contributed by atoms with E-state index >= 15 is 0 Å². The second-order valence-corrected chi connectivity index (χ2v) is 2.64. The smallest absolute Gasteiger partial charge is 0.225 e. The van der Waals surface area contributed by atoms with Crippen LogP contribution in [-0.4, -0.2) is 17.3 Å². The van der Waals surface area contributed by atoms with E-state index < -0.39 is 17.5 Å². The van der Waals surface area contributed by atoms with Gasteiger partial charge in [0.15, 0.2) is 5.78 Å². The van der Waals surface area contributed by atoms with Crippen LogP contribution in [0.2, 0.25) is 0 Å². The zero-order valence-corrected chi connectivity index (χ0v) is 6.38. The molecule has 1 unspecified atom stereocenters. The maximum absolute atomic E-state index is 10.9. The molecular weight excluding hydrogens is 144 g/mol. The van der Waals surface area contributed by atoms with Crippen molar-refractivity contribution in [3.8, 4) is 0 Å². The summed E-state index contributed by atoms with van der Waals surface area (Å²) in [6.45, 7) is 2.93. The van der Waals surface area contributed by atoms with Crippen molar-refractivity contribution in [3.63, 3.8) is 0 Å². The molecule has 11 heavy (non-hydrogen) atoms. The normalized spacial score (nSPS) is 25.5. The number of hydrogen-bond donors (Lipinski definition) is 0. The fraction of sp³-hybridized carbons (Fsp3) is 0.375. The second kappa shape index (κ2) is 2.42. The van der Waals surface area contributed by atoms with Crippen LogP contribution in [0.4, 0.5) is 0 Å². The van der Waals surface area contributed by atoms with Crippen molar-refractivity contribution in [1.29, 1.82) is 0 Å². The molecule has 0 bridgehead atoms. The van der Waals surface area contributed by atoms with E-state index in [2.05, 4.69) is 0 Å². The summed E-state index contributed by atoms with van der Waals surface area (Å²) in [4.78, 5) is 32.8. The summed E-state index contributed by atoms with van der Waals surface area (Å²) in [5.41, 5.74) is 0.248. The summed E-state index contributed by atoms with van der Waals surface area (Å²) in [6.07, 6.45) is 1.23. The van der Waals surface area contributed by atoms with Gasteiger partial charge in [-0.25, -0.2) is 0 Å². The van der Waals surface area contributed by atoms with E-state index in [1.165, 1.54) is 19.9 Å². The summed E-state index contributed by atoms with van der Waals surface area (Å²) >= 11 is 0. The highest BCUT2D eigenvalue weighted by molar-refractivity contribution is 6.49. The van der Waals surface area contributed by atoms with Gasteiger partial charge in [0.25, 0.3) is 0 Å². The Morgan fingerprint density at radius 1 is 1.27 bits per heavy atom. The molecule has 0 aliphatic heterocycles. The minimum absolute atomic E-state index is 0.248. The molecule has 0 radical (unpaired) electrons. The van der Waals surface area contributed by atoms with Crippen molar-refractivity contribution in [2.75, 3.05) is 0 Å². The van der Waals surface area contributed by atoms with E-state index in [0.29, 0.717) is 0 Å². The molecule has 0 fully saturated rings. The molecule has 1 atom stereocenters. The lowest BCUT2D eigenvalue weighted by Crippen LogP contribution is -2.32. The Kier molecular flexibility index (Phi) is 1.72. The lowest BCUT2D eigenvalue weighted by atomic mass is 9.88. The lowest BCUT2D eigenvalue weighted by Gasteiger charge is -2.11. The maximum atomic E-state index is 10.9. The molecule has 0 N–H and O–H groups in total. The van der Waals surface area contributed by atoms with Gasteiger partial charge in [-0.15, -0.1) is 0 Å². The summed E-state index contributed by atoms with van der Waals surface area (Å²) in [6, 6.07) is 0. The van der Waals surface area contributed by atoms with Gasteiger partial charge in [-0.2, -0.15) is 0 Å². The van der Waals surface area contributed by atoms with Crippen molar-refractivity contribution >= 4 is 17.3 Å². The molecule has 0 heterocycles. The summed E-state index contributed by atoms with van der Waals surface area (Å²) in [7, 11) is 0. The van der Waals surface area contributed by atoms with Gasteiger partial charge in [-0.1, -0.05) is 0 Å².